The van der Waals surface area contributed by atoms with E-state index >= 15 is 0 Å². The minimum atomic E-state index is 0.894. The SMILES string of the molecule is c1ccc(-c2ccc3c(oc4ccc(-c5c6ccccc6c(-c6ccccc6)c6ccccc56)cc43)c2-c2ccccc2)cc1. The predicted molar refractivity (Wildman–Crippen MR) is 190 cm³/mol. The number of benzene rings is 8. The van der Waals surface area contributed by atoms with Gasteiger partial charge in [-0.15, -0.1) is 0 Å². The Kier molecular flexibility index (Phi) is 5.89. The summed E-state index contributed by atoms with van der Waals surface area (Å²) in [5.74, 6) is 0. The van der Waals surface area contributed by atoms with E-state index in [-0.39, 0.29) is 0 Å². The van der Waals surface area contributed by atoms with Crippen LogP contribution in [0.1, 0.15) is 0 Å². The van der Waals surface area contributed by atoms with Gasteiger partial charge in [-0.1, -0.05) is 152 Å². The van der Waals surface area contributed by atoms with Gasteiger partial charge in [0.25, 0.3) is 0 Å². The van der Waals surface area contributed by atoms with Crippen LogP contribution < -0.4 is 0 Å². The second kappa shape index (κ2) is 10.4. The standard InChI is InChI=1S/C44H28O/c1-4-14-29(15-5-1)33-25-26-38-39-28-32(24-27-40(39)45-44(38)43(33)31-18-8-3-9-19-31)42-36-22-12-10-20-34(36)41(30-16-6-2-7-17-30)35-21-11-13-23-37(35)42/h1-28H. The average Bonchev–Trinajstić information content (AvgIpc) is 3.49. The Balaban J connectivity index is 1.34. The lowest BCUT2D eigenvalue weighted by Crippen LogP contribution is -1.90. The molecule has 0 N–H and O–H groups in total. The molecule has 0 aliphatic rings. The van der Waals surface area contributed by atoms with Gasteiger partial charge in [-0.3, -0.25) is 0 Å². The fraction of sp³-hybridized carbons (Fsp3) is 0. The molecule has 1 nitrogen and oxygen atoms in total. The quantitative estimate of drug-likeness (QED) is 0.191. The Bertz CT molecular complexity index is 2450. The van der Waals surface area contributed by atoms with E-state index in [0.29, 0.717) is 0 Å². The van der Waals surface area contributed by atoms with Gasteiger partial charge in [0.15, 0.2) is 0 Å². The third kappa shape index (κ3) is 4.09. The molecule has 9 aromatic rings. The van der Waals surface area contributed by atoms with Gasteiger partial charge in [0.05, 0.1) is 0 Å². The first kappa shape index (κ1) is 25.6. The number of hydrogen-bond donors (Lipinski definition) is 0. The first-order valence-electron chi connectivity index (χ1n) is 15.4. The highest BCUT2D eigenvalue weighted by Gasteiger charge is 2.20. The van der Waals surface area contributed by atoms with Crippen molar-refractivity contribution in [3.63, 3.8) is 0 Å². The summed E-state index contributed by atoms with van der Waals surface area (Å²) in [6.07, 6.45) is 0. The molecule has 0 radical (unpaired) electrons. The molecule has 0 bridgehead atoms. The molecular formula is C44H28O. The van der Waals surface area contributed by atoms with Crippen LogP contribution in [-0.2, 0) is 0 Å². The van der Waals surface area contributed by atoms with E-state index in [9.17, 15) is 0 Å². The van der Waals surface area contributed by atoms with E-state index in [1.54, 1.807) is 0 Å². The van der Waals surface area contributed by atoms with Crippen LogP contribution in [0.2, 0.25) is 0 Å². The van der Waals surface area contributed by atoms with Crippen LogP contribution in [0, 0.1) is 0 Å². The highest BCUT2D eigenvalue weighted by atomic mass is 16.3. The van der Waals surface area contributed by atoms with Crippen LogP contribution in [0.4, 0.5) is 0 Å². The van der Waals surface area contributed by atoms with E-state index in [2.05, 4.69) is 170 Å². The Morgan fingerprint density at radius 2 is 0.756 bits per heavy atom. The highest BCUT2D eigenvalue weighted by molar-refractivity contribution is 6.22. The average molecular weight is 573 g/mol. The maximum Gasteiger partial charge on any atom is 0.143 e. The summed E-state index contributed by atoms with van der Waals surface area (Å²) < 4.78 is 6.74. The third-order valence-electron chi connectivity index (χ3n) is 9.07. The second-order valence-electron chi connectivity index (χ2n) is 11.6. The molecule has 0 saturated heterocycles. The summed E-state index contributed by atoms with van der Waals surface area (Å²) in [5.41, 5.74) is 11.4. The van der Waals surface area contributed by atoms with Gasteiger partial charge in [0.2, 0.25) is 0 Å². The molecule has 0 fully saturated rings. The smallest absolute Gasteiger partial charge is 0.143 e. The van der Waals surface area contributed by atoms with Crippen molar-refractivity contribution in [1.82, 2.24) is 0 Å². The van der Waals surface area contributed by atoms with Crippen molar-refractivity contribution in [3.8, 4) is 44.5 Å². The molecule has 210 valence electrons. The topological polar surface area (TPSA) is 13.1 Å². The van der Waals surface area contributed by atoms with Crippen molar-refractivity contribution >= 4 is 43.5 Å². The monoisotopic (exact) mass is 572 g/mol. The zero-order chi connectivity index (χ0) is 29.7. The minimum absolute atomic E-state index is 0.894. The number of rotatable bonds is 4. The maximum absolute atomic E-state index is 6.74. The lowest BCUT2D eigenvalue weighted by molar-refractivity contribution is 0.670. The van der Waals surface area contributed by atoms with Crippen molar-refractivity contribution in [2.24, 2.45) is 0 Å². The van der Waals surface area contributed by atoms with Crippen molar-refractivity contribution in [2.75, 3.05) is 0 Å². The molecular weight excluding hydrogens is 544 g/mol. The molecule has 0 atom stereocenters. The molecule has 8 aromatic carbocycles. The first-order chi connectivity index (χ1) is 22.3. The largest absolute Gasteiger partial charge is 0.455 e. The fourth-order valence-electron chi connectivity index (χ4n) is 7.10. The second-order valence-corrected chi connectivity index (χ2v) is 11.6. The van der Waals surface area contributed by atoms with Crippen molar-refractivity contribution in [2.45, 2.75) is 0 Å². The lowest BCUT2D eigenvalue weighted by Gasteiger charge is -2.17. The van der Waals surface area contributed by atoms with E-state index in [1.807, 2.05) is 0 Å². The minimum Gasteiger partial charge on any atom is -0.455 e. The van der Waals surface area contributed by atoms with E-state index in [1.165, 1.54) is 54.9 Å². The van der Waals surface area contributed by atoms with Crippen molar-refractivity contribution < 1.29 is 4.42 Å². The number of hydrogen-bond acceptors (Lipinski definition) is 1. The van der Waals surface area contributed by atoms with E-state index in [0.717, 1.165) is 33.1 Å². The normalized spacial score (nSPS) is 11.6. The zero-order valence-corrected chi connectivity index (χ0v) is 24.6. The molecule has 0 unspecified atom stereocenters. The van der Waals surface area contributed by atoms with Crippen LogP contribution in [0.25, 0.3) is 88.0 Å². The zero-order valence-electron chi connectivity index (χ0n) is 24.6. The Hall–Kier alpha value is -5.92. The Morgan fingerprint density at radius 1 is 0.289 bits per heavy atom. The maximum atomic E-state index is 6.74. The summed E-state index contributed by atoms with van der Waals surface area (Å²) in [5, 5.41) is 7.26. The molecule has 45 heavy (non-hydrogen) atoms. The van der Waals surface area contributed by atoms with Gasteiger partial charge in [0.1, 0.15) is 11.2 Å². The van der Waals surface area contributed by atoms with Crippen LogP contribution in [-0.4, -0.2) is 0 Å². The van der Waals surface area contributed by atoms with Crippen LogP contribution in [0.3, 0.4) is 0 Å². The van der Waals surface area contributed by atoms with Gasteiger partial charge in [-0.05, 0) is 78.7 Å². The molecule has 0 aliphatic heterocycles. The van der Waals surface area contributed by atoms with Gasteiger partial charge in [0, 0.05) is 16.3 Å². The molecule has 1 aromatic heterocycles. The lowest BCUT2D eigenvalue weighted by atomic mass is 9.85. The summed E-state index contributed by atoms with van der Waals surface area (Å²) >= 11 is 0. The predicted octanol–water partition coefficient (Wildman–Crippen LogP) is 12.6. The molecule has 0 amide bonds. The first-order valence-corrected chi connectivity index (χ1v) is 15.4. The molecule has 0 aliphatic carbocycles. The van der Waals surface area contributed by atoms with Gasteiger partial charge < -0.3 is 4.42 Å². The summed E-state index contributed by atoms with van der Waals surface area (Å²) in [6.45, 7) is 0. The number of furan rings is 1. The molecule has 1 heterocycles. The molecule has 0 saturated carbocycles. The Morgan fingerprint density at radius 3 is 1.31 bits per heavy atom. The number of fused-ring (bicyclic) bond motifs is 5. The summed E-state index contributed by atoms with van der Waals surface area (Å²) in [7, 11) is 0. The van der Waals surface area contributed by atoms with Crippen LogP contribution in [0.5, 0.6) is 0 Å². The molecule has 1 heteroatoms. The fourth-order valence-corrected chi connectivity index (χ4v) is 7.10. The summed E-state index contributed by atoms with van der Waals surface area (Å²) in [4.78, 5) is 0. The van der Waals surface area contributed by atoms with Crippen molar-refractivity contribution in [3.05, 3.63) is 170 Å². The van der Waals surface area contributed by atoms with Gasteiger partial charge in [-0.25, -0.2) is 0 Å². The van der Waals surface area contributed by atoms with Gasteiger partial charge >= 0.3 is 0 Å². The molecule has 0 spiro atoms. The van der Waals surface area contributed by atoms with E-state index in [4.69, 9.17) is 4.42 Å². The van der Waals surface area contributed by atoms with Crippen LogP contribution in [0.15, 0.2) is 174 Å². The third-order valence-corrected chi connectivity index (χ3v) is 9.07. The Labute approximate surface area is 261 Å². The summed E-state index contributed by atoms with van der Waals surface area (Å²) in [6, 6.07) is 60.8. The van der Waals surface area contributed by atoms with Crippen molar-refractivity contribution in [1.29, 1.82) is 0 Å². The van der Waals surface area contributed by atoms with E-state index < -0.39 is 0 Å². The highest BCUT2D eigenvalue weighted by Crippen LogP contribution is 2.46. The van der Waals surface area contributed by atoms with Gasteiger partial charge in [-0.2, -0.15) is 0 Å². The van der Waals surface area contributed by atoms with Crippen LogP contribution >= 0.6 is 0 Å². The molecule has 9 rings (SSSR count).